The van der Waals surface area contributed by atoms with Crippen LogP contribution < -0.4 is 0 Å². The Morgan fingerprint density at radius 1 is 1.30 bits per heavy atom. The van der Waals surface area contributed by atoms with E-state index < -0.39 is 0 Å². The van der Waals surface area contributed by atoms with Crippen molar-refractivity contribution >= 4 is 11.5 Å². The number of oxime groups is 1. The van der Waals surface area contributed by atoms with Crippen molar-refractivity contribution < 1.29 is 14.0 Å². The molecule has 0 saturated carbocycles. The average molecular weight is 269 g/mol. The SMILES string of the molecule is CON=C1CCc2cc(-c3occc3C(C)=O)ccc21. The van der Waals surface area contributed by atoms with Gasteiger partial charge in [-0.05, 0) is 37.5 Å². The second-order valence-electron chi connectivity index (χ2n) is 4.81. The van der Waals surface area contributed by atoms with Crippen LogP contribution in [0.2, 0.25) is 0 Å². The zero-order valence-electron chi connectivity index (χ0n) is 11.5. The van der Waals surface area contributed by atoms with Gasteiger partial charge >= 0.3 is 0 Å². The predicted octanol–water partition coefficient (Wildman–Crippen LogP) is 3.45. The molecule has 1 aromatic carbocycles. The van der Waals surface area contributed by atoms with Gasteiger partial charge in [0.15, 0.2) is 5.78 Å². The topological polar surface area (TPSA) is 51.8 Å². The Morgan fingerprint density at radius 3 is 2.90 bits per heavy atom. The summed E-state index contributed by atoms with van der Waals surface area (Å²) in [5.41, 5.74) is 4.85. The van der Waals surface area contributed by atoms with Crippen molar-refractivity contribution in [2.24, 2.45) is 5.16 Å². The van der Waals surface area contributed by atoms with Crippen LogP contribution in [0.15, 0.2) is 40.1 Å². The number of carbonyl (C=O) groups is 1. The van der Waals surface area contributed by atoms with E-state index in [0.29, 0.717) is 11.3 Å². The van der Waals surface area contributed by atoms with Gasteiger partial charge in [0.05, 0.1) is 17.5 Å². The zero-order chi connectivity index (χ0) is 14.1. The fourth-order valence-electron chi connectivity index (χ4n) is 2.63. The molecular weight excluding hydrogens is 254 g/mol. The Bertz CT molecular complexity index is 697. The number of hydrogen-bond donors (Lipinski definition) is 0. The minimum atomic E-state index is 0.0101. The number of aryl methyl sites for hydroxylation is 1. The molecule has 1 heterocycles. The molecule has 102 valence electrons. The van der Waals surface area contributed by atoms with Crippen molar-refractivity contribution in [2.45, 2.75) is 19.8 Å². The van der Waals surface area contributed by atoms with Crippen molar-refractivity contribution in [3.63, 3.8) is 0 Å². The number of rotatable bonds is 3. The second kappa shape index (κ2) is 4.96. The summed E-state index contributed by atoms with van der Waals surface area (Å²) >= 11 is 0. The van der Waals surface area contributed by atoms with Gasteiger partial charge in [-0.25, -0.2) is 0 Å². The molecule has 20 heavy (non-hydrogen) atoms. The van der Waals surface area contributed by atoms with E-state index in [0.717, 1.165) is 29.7 Å². The molecule has 1 aromatic heterocycles. The van der Waals surface area contributed by atoms with Crippen LogP contribution in [0.1, 0.15) is 34.8 Å². The van der Waals surface area contributed by atoms with Crippen LogP contribution in [0.5, 0.6) is 0 Å². The molecule has 0 bridgehead atoms. The lowest BCUT2D eigenvalue weighted by atomic mass is 10.0. The highest BCUT2D eigenvalue weighted by molar-refractivity contribution is 6.05. The van der Waals surface area contributed by atoms with Gasteiger partial charge in [0.25, 0.3) is 0 Å². The zero-order valence-corrected chi connectivity index (χ0v) is 11.5. The molecule has 3 rings (SSSR count). The molecule has 0 atom stereocenters. The van der Waals surface area contributed by atoms with Crippen LogP contribution in [-0.4, -0.2) is 18.6 Å². The van der Waals surface area contributed by atoms with E-state index in [2.05, 4.69) is 11.2 Å². The maximum atomic E-state index is 11.6. The van der Waals surface area contributed by atoms with E-state index in [1.54, 1.807) is 26.4 Å². The molecular formula is C16H15NO3. The average Bonchev–Trinajstić information content (AvgIpc) is 3.05. The largest absolute Gasteiger partial charge is 0.464 e. The first-order valence-corrected chi connectivity index (χ1v) is 6.53. The molecule has 0 spiro atoms. The fraction of sp³-hybridized carbons (Fsp3) is 0.250. The summed E-state index contributed by atoms with van der Waals surface area (Å²) in [4.78, 5) is 16.4. The van der Waals surface area contributed by atoms with Crippen LogP contribution >= 0.6 is 0 Å². The van der Waals surface area contributed by atoms with E-state index in [1.165, 1.54) is 5.56 Å². The first-order chi connectivity index (χ1) is 9.70. The van der Waals surface area contributed by atoms with Gasteiger partial charge in [-0.2, -0.15) is 0 Å². The highest BCUT2D eigenvalue weighted by Crippen LogP contribution is 2.31. The van der Waals surface area contributed by atoms with Crippen LogP contribution in [0.25, 0.3) is 11.3 Å². The van der Waals surface area contributed by atoms with E-state index in [9.17, 15) is 4.79 Å². The highest BCUT2D eigenvalue weighted by Gasteiger charge is 2.20. The van der Waals surface area contributed by atoms with E-state index in [-0.39, 0.29) is 5.78 Å². The third-order valence-corrected chi connectivity index (χ3v) is 3.56. The van der Waals surface area contributed by atoms with Gasteiger partial charge < -0.3 is 9.25 Å². The first-order valence-electron chi connectivity index (χ1n) is 6.53. The lowest BCUT2D eigenvalue weighted by molar-refractivity contribution is 0.101. The van der Waals surface area contributed by atoms with E-state index in [1.807, 2.05) is 12.1 Å². The number of Topliss-reactive ketones (excluding diaryl/α,β-unsaturated/α-hetero) is 1. The molecule has 0 fully saturated rings. The molecule has 4 nitrogen and oxygen atoms in total. The molecule has 0 saturated heterocycles. The van der Waals surface area contributed by atoms with Crippen LogP contribution in [0, 0.1) is 0 Å². The molecule has 1 aliphatic carbocycles. The molecule has 0 N–H and O–H groups in total. The van der Waals surface area contributed by atoms with E-state index >= 15 is 0 Å². The number of benzene rings is 1. The summed E-state index contributed by atoms with van der Waals surface area (Å²) in [6.45, 7) is 1.55. The fourth-order valence-corrected chi connectivity index (χ4v) is 2.63. The quantitative estimate of drug-likeness (QED) is 0.633. The Balaban J connectivity index is 2.04. The first kappa shape index (κ1) is 12.7. The molecule has 4 heteroatoms. The number of furan rings is 1. The third kappa shape index (κ3) is 2.03. The molecule has 1 aliphatic rings. The monoisotopic (exact) mass is 269 g/mol. The number of nitrogens with zero attached hydrogens (tertiary/aromatic N) is 1. The Morgan fingerprint density at radius 2 is 2.15 bits per heavy atom. The molecule has 2 aromatic rings. The predicted molar refractivity (Wildman–Crippen MR) is 76.0 cm³/mol. The summed E-state index contributed by atoms with van der Waals surface area (Å²) < 4.78 is 5.47. The lowest BCUT2D eigenvalue weighted by Crippen LogP contribution is -1.96. The summed E-state index contributed by atoms with van der Waals surface area (Å²) in [6.07, 6.45) is 3.36. The van der Waals surface area contributed by atoms with Crippen molar-refractivity contribution in [2.75, 3.05) is 7.11 Å². The van der Waals surface area contributed by atoms with E-state index in [4.69, 9.17) is 9.25 Å². The second-order valence-corrected chi connectivity index (χ2v) is 4.81. The number of fused-ring (bicyclic) bond motifs is 1. The van der Waals surface area contributed by atoms with Gasteiger partial charge in [-0.1, -0.05) is 17.3 Å². The normalized spacial score (nSPS) is 15.4. The Kier molecular flexibility index (Phi) is 3.14. The summed E-state index contributed by atoms with van der Waals surface area (Å²) in [5.74, 6) is 0.647. The smallest absolute Gasteiger partial charge is 0.163 e. The molecule has 0 radical (unpaired) electrons. The van der Waals surface area contributed by atoms with Crippen molar-refractivity contribution in [1.82, 2.24) is 0 Å². The summed E-state index contributed by atoms with van der Waals surface area (Å²) in [5, 5.41) is 4.04. The maximum Gasteiger partial charge on any atom is 0.163 e. The van der Waals surface area contributed by atoms with Crippen molar-refractivity contribution in [3.05, 3.63) is 47.2 Å². The summed E-state index contributed by atoms with van der Waals surface area (Å²) in [7, 11) is 1.56. The summed E-state index contributed by atoms with van der Waals surface area (Å²) in [6, 6.07) is 7.75. The molecule has 0 amide bonds. The Labute approximate surface area is 117 Å². The molecule has 0 unspecified atom stereocenters. The van der Waals surface area contributed by atoms with Crippen LogP contribution in [-0.2, 0) is 11.3 Å². The van der Waals surface area contributed by atoms with Crippen LogP contribution in [0.4, 0.5) is 0 Å². The van der Waals surface area contributed by atoms with Gasteiger partial charge in [-0.15, -0.1) is 0 Å². The van der Waals surface area contributed by atoms with Gasteiger partial charge in [0, 0.05) is 11.1 Å². The van der Waals surface area contributed by atoms with Crippen LogP contribution in [0.3, 0.4) is 0 Å². The highest BCUT2D eigenvalue weighted by atomic mass is 16.6. The standard InChI is InChI=1S/C16H15NO3/c1-10(18)13-7-8-20-16(13)12-3-5-14-11(9-12)4-6-15(14)17-19-2/h3,5,7-9H,4,6H2,1-2H3. The third-order valence-electron chi connectivity index (χ3n) is 3.56. The maximum absolute atomic E-state index is 11.6. The van der Waals surface area contributed by atoms with Gasteiger partial charge in [0.1, 0.15) is 12.9 Å². The van der Waals surface area contributed by atoms with Gasteiger partial charge in [0.2, 0.25) is 0 Å². The van der Waals surface area contributed by atoms with Crippen molar-refractivity contribution in [1.29, 1.82) is 0 Å². The number of carbonyl (C=O) groups excluding carboxylic acids is 1. The van der Waals surface area contributed by atoms with Crippen molar-refractivity contribution in [3.8, 4) is 11.3 Å². The van der Waals surface area contributed by atoms with Gasteiger partial charge in [-0.3, -0.25) is 4.79 Å². The lowest BCUT2D eigenvalue weighted by Gasteiger charge is -2.04. The number of hydrogen-bond acceptors (Lipinski definition) is 4. The minimum absolute atomic E-state index is 0.0101. The minimum Gasteiger partial charge on any atom is -0.464 e. The Hall–Kier alpha value is -2.36. The molecule has 0 aliphatic heterocycles. The number of ketones is 1.